The van der Waals surface area contributed by atoms with Crippen LogP contribution >= 0.6 is 11.8 Å². The second-order valence-electron chi connectivity index (χ2n) is 7.29. The Balaban J connectivity index is 1.39. The Bertz CT molecular complexity index is 1220. The highest BCUT2D eigenvalue weighted by Gasteiger charge is 2.18. The van der Waals surface area contributed by atoms with Crippen LogP contribution in [0.15, 0.2) is 71.9 Å². The van der Waals surface area contributed by atoms with E-state index < -0.39 is 0 Å². The molecule has 7 heteroatoms. The fraction of sp³-hybridized carbons (Fsp3) is 0.208. The summed E-state index contributed by atoms with van der Waals surface area (Å²) < 4.78 is 7.93. The zero-order valence-electron chi connectivity index (χ0n) is 17.7. The lowest BCUT2D eigenvalue weighted by molar-refractivity contribution is -0.113. The Kier molecular flexibility index (Phi) is 6.23. The number of aryl methyl sites for hydroxylation is 1. The Morgan fingerprint density at radius 3 is 2.65 bits per heavy atom. The van der Waals surface area contributed by atoms with Crippen LogP contribution in [0.2, 0.25) is 0 Å². The molecule has 1 N–H and O–H groups in total. The normalized spacial score (nSPS) is 12.0. The van der Waals surface area contributed by atoms with Gasteiger partial charge in [-0.1, -0.05) is 66.4 Å². The standard InChI is InChI=1S/C24H24N4O2S/c1-16-9-4-7-14-21(16)30-17(2)23-26-27-24(28(23)3)31-15-22(29)25-20-13-8-11-18-10-5-6-12-19(18)20/h4-14,17H,15H2,1-3H3,(H,25,29). The zero-order chi connectivity index (χ0) is 21.8. The van der Waals surface area contributed by atoms with Gasteiger partial charge >= 0.3 is 0 Å². The molecule has 0 aliphatic heterocycles. The highest BCUT2D eigenvalue weighted by Crippen LogP contribution is 2.26. The zero-order valence-corrected chi connectivity index (χ0v) is 18.5. The molecule has 1 unspecified atom stereocenters. The second kappa shape index (κ2) is 9.22. The average molecular weight is 433 g/mol. The Morgan fingerprint density at radius 2 is 1.81 bits per heavy atom. The summed E-state index contributed by atoms with van der Waals surface area (Å²) >= 11 is 1.35. The van der Waals surface area contributed by atoms with Gasteiger partial charge in [0, 0.05) is 18.1 Å². The van der Waals surface area contributed by atoms with Crippen molar-refractivity contribution in [2.75, 3.05) is 11.1 Å². The maximum absolute atomic E-state index is 12.5. The molecule has 0 aliphatic carbocycles. The molecule has 3 aromatic carbocycles. The van der Waals surface area contributed by atoms with Gasteiger partial charge in [-0.05, 0) is 36.9 Å². The van der Waals surface area contributed by atoms with E-state index in [1.165, 1.54) is 11.8 Å². The molecule has 1 heterocycles. The van der Waals surface area contributed by atoms with Crippen LogP contribution in [0.25, 0.3) is 10.8 Å². The summed E-state index contributed by atoms with van der Waals surface area (Å²) in [4.78, 5) is 12.5. The maximum atomic E-state index is 12.5. The molecule has 4 aromatic rings. The van der Waals surface area contributed by atoms with Crippen molar-refractivity contribution < 1.29 is 9.53 Å². The molecule has 0 saturated carbocycles. The van der Waals surface area contributed by atoms with Crippen LogP contribution in [0.4, 0.5) is 5.69 Å². The van der Waals surface area contributed by atoms with E-state index in [9.17, 15) is 4.79 Å². The van der Waals surface area contributed by atoms with Crippen molar-refractivity contribution in [3.05, 3.63) is 78.1 Å². The predicted molar refractivity (Wildman–Crippen MR) is 125 cm³/mol. The van der Waals surface area contributed by atoms with Crippen LogP contribution in [-0.4, -0.2) is 26.4 Å². The number of aromatic nitrogens is 3. The van der Waals surface area contributed by atoms with E-state index in [1.54, 1.807) is 0 Å². The molecule has 6 nitrogen and oxygen atoms in total. The lowest BCUT2D eigenvalue weighted by Gasteiger charge is -2.15. The first-order valence-corrected chi connectivity index (χ1v) is 11.0. The maximum Gasteiger partial charge on any atom is 0.234 e. The quantitative estimate of drug-likeness (QED) is 0.409. The van der Waals surface area contributed by atoms with E-state index in [2.05, 4.69) is 15.5 Å². The molecular weight excluding hydrogens is 408 g/mol. The number of rotatable bonds is 7. The number of carbonyl (C=O) groups is 1. The van der Waals surface area contributed by atoms with Crippen LogP contribution in [0.5, 0.6) is 5.75 Å². The number of benzene rings is 3. The third-order valence-corrected chi connectivity index (χ3v) is 6.05. The van der Waals surface area contributed by atoms with E-state index in [-0.39, 0.29) is 17.8 Å². The van der Waals surface area contributed by atoms with Gasteiger partial charge in [-0.15, -0.1) is 10.2 Å². The summed E-state index contributed by atoms with van der Waals surface area (Å²) in [6.07, 6.45) is -0.266. The number of anilines is 1. The molecule has 0 saturated heterocycles. The van der Waals surface area contributed by atoms with E-state index in [0.717, 1.165) is 27.8 Å². The topological polar surface area (TPSA) is 69.0 Å². The molecule has 0 aliphatic rings. The third kappa shape index (κ3) is 4.72. The van der Waals surface area contributed by atoms with Gasteiger partial charge in [-0.2, -0.15) is 0 Å². The number of amides is 1. The largest absolute Gasteiger partial charge is 0.482 e. The van der Waals surface area contributed by atoms with Crippen LogP contribution in [0.3, 0.4) is 0 Å². The molecule has 0 radical (unpaired) electrons. The monoisotopic (exact) mass is 432 g/mol. The lowest BCUT2D eigenvalue weighted by atomic mass is 10.1. The molecular formula is C24H24N4O2S. The SMILES string of the molecule is Cc1ccccc1OC(C)c1nnc(SCC(=O)Nc2cccc3ccccc23)n1C. The third-order valence-electron chi connectivity index (χ3n) is 5.03. The first kappa shape index (κ1) is 20.9. The van der Waals surface area contributed by atoms with Gasteiger partial charge in [-0.3, -0.25) is 4.79 Å². The summed E-state index contributed by atoms with van der Waals surface area (Å²) in [5, 5.41) is 14.3. The van der Waals surface area contributed by atoms with E-state index in [1.807, 2.05) is 92.2 Å². The van der Waals surface area contributed by atoms with E-state index in [4.69, 9.17) is 4.74 Å². The summed E-state index contributed by atoms with van der Waals surface area (Å²) in [5.41, 5.74) is 1.87. The fourth-order valence-corrected chi connectivity index (χ4v) is 4.11. The second-order valence-corrected chi connectivity index (χ2v) is 8.23. The highest BCUT2D eigenvalue weighted by atomic mass is 32.2. The molecule has 1 amide bonds. The highest BCUT2D eigenvalue weighted by molar-refractivity contribution is 7.99. The number of carbonyl (C=O) groups excluding carboxylic acids is 1. The predicted octanol–water partition coefficient (Wildman–Crippen LogP) is 5.15. The minimum Gasteiger partial charge on any atom is -0.482 e. The summed E-state index contributed by atoms with van der Waals surface area (Å²) in [5.74, 6) is 1.68. The molecule has 0 fully saturated rings. The van der Waals surface area contributed by atoms with E-state index in [0.29, 0.717) is 11.0 Å². The Hall–Kier alpha value is -3.32. The number of hydrogen-bond donors (Lipinski definition) is 1. The number of fused-ring (bicyclic) bond motifs is 1. The molecule has 1 atom stereocenters. The number of nitrogens with one attached hydrogen (secondary N) is 1. The first-order valence-electron chi connectivity index (χ1n) is 10.0. The van der Waals surface area contributed by atoms with Crippen LogP contribution in [-0.2, 0) is 11.8 Å². The molecule has 31 heavy (non-hydrogen) atoms. The first-order chi connectivity index (χ1) is 15.0. The molecule has 158 valence electrons. The van der Waals surface area contributed by atoms with Gasteiger partial charge in [0.15, 0.2) is 17.1 Å². The van der Waals surface area contributed by atoms with Crippen molar-refractivity contribution in [2.24, 2.45) is 7.05 Å². The molecule has 0 bridgehead atoms. The van der Waals surface area contributed by atoms with Crippen molar-refractivity contribution in [3.63, 3.8) is 0 Å². The van der Waals surface area contributed by atoms with Gasteiger partial charge in [0.05, 0.1) is 5.75 Å². The summed E-state index contributed by atoms with van der Waals surface area (Å²) in [6, 6.07) is 21.7. The van der Waals surface area contributed by atoms with E-state index >= 15 is 0 Å². The number of hydrogen-bond acceptors (Lipinski definition) is 5. The van der Waals surface area contributed by atoms with Crippen molar-refractivity contribution >= 4 is 34.1 Å². The molecule has 0 spiro atoms. The fourth-order valence-electron chi connectivity index (χ4n) is 3.39. The number of ether oxygens (including phenoxy) is 1. The Morgan fingerprint density at radius 1 is 1.06 bits per heavy atom. The van der Waals surface area contributed by atoms with Crippen LogP contribution in [0.1, 0.15) is 24.4 Å². The van der Waals surface area contributed by atoms with Crippen molar-refractivity contribution in [2.45, 2.75) is 25.1 Å². The van der Waals surface area contributed by atoms with Gasteiger partial charge < -0.3 is 14.6 Å². The van der Waals surface area contributed by atoms with Crippen molar-refractivity contribution in [3.8, 4) is 5.75 Å². The Labute approximate surface area is 185 Å². The van der Waals surface area contributed by atoms with Crippen molar-refractivity contribution in [1.82, 2.24) is 14.8 Å². The van der Waals surface area contributed by atoms with Gasteiger partial charge in [-0.25, -0.2) is 0 Å². The molecule has 4 rings (SSSR count). The van der Waals surface area contributed by atoms with Crippen LogP contribution < -0.4 is 10.1 Å². The number of para-hydroxylation sites is 1. The number of nitrogens with zero attached hydrogens (tertiary/aromatic N) is 3. The number of thioether (sulfide) groups is 1. The van der Waals surface area contributed by atoms with Gasteiger partial charge in [0.1, 0.15) is 5.75 Å². The van der Waals surface area contributed by atoms with Gasteiger partial charge in [0.25, 0.3) is 0 Å². The minimum atomic E-state index is -0.266. The summed E-state index contributed by atoms with van der Waals surface area (Å²) in [6.45, 7) is 3.95. The van der Waals surface area contributed by atoms with Gasteiger partial charge in [0.2, 0.25) is 5.91 Å². The van der Waals surface area contributed by atoms with Crippen LogP contribution in [0, 0.1) is 6.92 Å². The summed E-state index contributed by atoms with van der Waals surface area (Å²) in [7, 11) is 1.89. The lowest BCUT2D eigenvalue weighted by Crippen LogP contribution is -2.15. The van der Waals surface area contributed by atoms with Crippen molar-refractivity contribution in [1.29, 1.82) is 0 Å². The molecule has 1 aromatic heterocycles. The smallest absolute Gasteiger partial charge is 0.234 e. The average Bonchev–Trinajstić information content (AvgIpc) is 3.14. The minimum absolute atomic E-state index is 0.0879.